The second-order valence-corrected chi connectivity index (χ2v) is 3.02. The molecule has 1 amide bonds. The van der Waals surface area contributed by atoms with E-state index in [0.29, 0.717) is 0 Å². The van der Waals surface area contributed by atoms with Gasteiger partial charge < -0.3 is 5.73 Å². The predicted octanol–water partition coefficient (Wildman–Crippen LogP) is 1.88. The van der Waals surface area contributed by atoms with Gasteiger partial charge >= 0.3 is 0 Å². The van der Waals surface area contributed by atoms with Crippen molar-refractivity contribution < 1.29 is 13.6 Å². The number of pyridine rings is 1. The number of amides is 1. The largest absolute Gasteiger partial charge is 0.366 e. The molecule has 0 radical (unpaired) electrons. The second-order valence-electron chi connectivity index (χ2n) is 2.27. The fourth-order valence-electron chi connectivity index (χ4n) is 0.753. The van der Waals surface area contributed by atoms with Crippen molar-refractivity contribution in [2.24, 2.45) is 5.73 Å². The first kappa shape index (κ1) is 10.0. The second kappa shape index (κ2) is 3.78. The molecular weight excluding hydrogens is 246 g/mol. The monoisotopic (exact) mass is 250 g/mol. The number of carbonyl (C=O) groups excluding carboxylic acids is 1. The third-order valence-corrected chi connectivity index (χ3v) is 2.05. The number of carbonyl (C=O) groups is 1. The van der Waals surface area contributed by atoms with E-state index in [9.17, 15) is 13.6 Å². The van der Waals surface area contributed by atoms with Gasteiger partial charge in [-0.15, -0.1) is 0 Å². The molecule has 1 aromatic heterocycles. The van der Waals surface area contributed by atoms with Gasteiger partial charge in [0.25, 0.3) is 6.43 Å². The number of nitrogens with two attached hydrogens (primary N) is 1. The Kier molecular flexibility index (Phi) is 2.92. The van der Waals surface area contributed by atoms with Crippen LogP contribution in [-0.4, -0.2) is 10.9 Å². The van der Waals surface area contributed by atoms with Gasteiger partial charge in [-0.2, -0.15) is 0 Å². The smallest absolute Gasteiger partial charge is 0.266 e. The molecule has 6 heteroatoms. The van der Waals surface area contributed by atoms with Crippen molar-refractivity contribution in [2.75, 3.05) is 0 Å². The van der Waals surface area contributed by atoms with Crippen LogP contribution in [0.25, 0.3) is 0 Å². The summed E-state index contributed by atoms with van der Waals surface area (Å²) in [5.41, 5.74) is 4.53. The summed E-state index contributed by atoms with van der Waals surface area (Å²) in [5, 5.41) is 0. The molecule has 1 aromatic rings. The van der Waals surface area contributed by atoms with Crippen molar-refractivity contribution in [3.63, 3.8) is 0 Å². The van der Waals surface area contributed by atoms with Crippen LogP contribution in [0, 0.1) is 0 Å². The molecule has 3 nitrogen and oxygen atoms in total. The molecule has 0 aliphatic carbocycles. The van der Waals surface area contributed by atoms with Crippen molar-refractivity contribution in [2.45, 2.75) is 6.43 Å². The molecule has 0 unspecified atom stereocenters. The average molecular weight is 251 g/mol. The lowest BCUT2D eigenvalue weighted by atomic mass is 10.2. The lowest BCUT2D eigenvalue weighted by Crippen LogP contribution is -2.12. The Morgan fingerprint density at radius 2 is 2.23 bits per heavy atom. The standard InChI is InChI=1S/C7H5BrF2N2O/c8-5-4(6(9)10)1-3(2-12-5)7(11)13/h1-2,6H,(H2,11,13). The maximum atomic E-state index is 12.2. The number of hydrogen-bond acceptors (Lipinski definition) is 2. The third-order valence-electron chi connectivity index (χ3n) is 1.39. The zero-order valence-corrected chi connectivity index (χ0v) is 7.88. The molecule has 0 aliphatic rings. The van der Waals surface area contributed by atoms with Crippen molar-refractivity contribution in [3.8, 4) is 0 Å². The summed E-state index contributed by atoms with van der Waals surface area (Å²) in [4.78, 5) is 14.2. The highest BCUT2D eigenvalue weighted by Crippen LogP contribution is 2.25. The van der Waals surface area contributed by atoms with Crippen LogP contribution in [0.15, 0.2) is 16.9 Å². The molecule has 0 atom stereocenters. The van der Waals surface area contributed by atoms with Crippen molar-refractivity contribution in [1.29, 1.82) is 0 Å². The van der Waals surface area contributed by atoms with Crippen LogP contribution >= 0.6 is 15.9 Å². The third kappa shape index (κ3) is 2.21. The summed E-state index contributed by atoms with van der Waals surface area (Å²) in [6.45, 7) is 0. The number of nitrogens with zero attached hydrogens (tertiary/aromatic N) is 1. The van der Waals surface area contributed by atoms with Gasteiger partial charge in [0, 0.05) is 6.20 Å². The van der Waals surface area contributed by atoms with E-state index in [-0.39, 0.29) is 15.7 Å². The van der Waals surface area contributed by atoms with Crippen molar-refractivity contribution in [3.05, 3.63) is 28.0 Å². The molecule has 0 spiro atoms. The molecule has 0 bridgehead atoms. The fraction of sp³-hybridized carbons (Fsp3) is 0.143. The highest BCUT2D eigenvalue weighted by atomic mass is 79.9. The minimum Gasteiger partial charge on any atom is -0.366 e. The van der Waals surface area contributed by atoms with E-state index >= 15 is 0 Å². The van der Waals surface area contributed by atoms with Crippen LogP contribution in [0.2, 0.25) is 0 Å². The molecule has 0 saturated carbocycles. The van der Waals surface area contributed by atoms with E-state index in [1.54, 1.807) is 0 Å². The van der Waals surface area contributed by atoms with Gasteiger partial charge in [-0.05, 0) is 22.0 Å². The summed E-state index contributed by atoms with van der Waals surface area (Å²) in [6, 6.07) is 1.02. The van der Waals surface area contributed by atoms with Crippen LogP contribution in [-0.2, 0) is 0 Å². The van der Waals surface area contributed by atoms with E-state index in [4.69, 9.17) is 5.73 Å². The quantitative estimate of drug-likeness (QED) is 0.816. The molecule has 0 saturated heterocycles. The first-order chi connectivity index (χ1) is 6.02. The molecule has 0 aliphatic heterocycles. The van der Waals surface area contributed by atoms with E-state index in [0.717, 1.165) is 12.3 Å². The maximum Gasteiger partial charge on any atom is 0.266 e. The molecular formula is C7H5BrF2N2O. The Bertz CT molecular complexity index is 343. The van der Waals surface area contributed by atoms with Crippen molar-refractivity contribution >= 4 is 21.8 Å². The van der Waals surface area contributed by atoms with E-state index in [2.05, 4.69) is 20.9 Å². The van der Waals surface area contributed by atoms with Gasteiger partial charge in [0.2, 0.25) is 5.91 Å². The van der Waals surface area contributed by atoms with E-state index in [1.165, 1.54) is 0 Å². The molecule has 2 N–H and O–H groups in total. The van der Waals surface area contributed by atoms with Crippen molar-refractivity contribution in [1.82, 2.24) is 4.98 Å². The normalized spacial score (nSPS) is 10.5. The zero-order chi connectivity index (χ0) is 10.0. The Hall–Kier alpha value is -1.04. The van der Waals surface area contributed by atoms with Gasteiger partial charge in [0.1, 0.15) is 4.60 Å². The van der Waals surface area contributed by atoms with Gasteiger partial charge in [-0.1, -0.05) is 0 Å². The minimum absolute atomic E-state index is 0.0208. The Balaban J connectivity index is 3.19. The van der Waals surface area contributed by atoms with Crippen LogP contribution in [0.3, 0.4) is 0 Å². The summed E-state index contributed by atoms with van der Waals surface area (Å²) in [6.07, 6.45) is -1.54. The highest BCUT2D eigenvalue weighted by Gasteiger charge is 2.14. The summed E-state index contributed by atoms with van der Waals surface area (Å²) >= 11 is 2.84. The number of primary amides is 1. The number of halogens is 3. The van der Waals surface area contributed by atoms with Crippen LogP contribution in [0.4, 0.5) is 8.78 Å². The topological polar surface area (TPSA) is 56.0 Å². The molecule has 70 valence electrons. The summed E-state index contributed by atoms with van der Waals surface area (Å²) in [5.74, 6) is -0.776. The van der Waals surface area contributed by atoms with Gasteiger partial charge in [0.15, 0.2) is 0 Å². The summed E-state index contributed by atoms with van der Waals surface area (Å²) < 4.78 is 24.5. The SMILES string of the molecule is NC(=O)c1cnc(Br)c(C(F)F)c1. The van der Waals surface area contributed by atoms with Gasteiger partial charge in [-0.3, -0.25) is 4.79 Å². The van der Waals surface area contributed by atoms with E-state index < -0.39 is 12.3 Å². The van der Waals surface area contributed by atoms with Crippen LogP contribution < -0.4 is 5.73 Å². The summed E-state index contributed by atoms with van der Waals surface area (Å²) in [7, 11) is 0. The van der Waals surface area contributed by atoms with E-state index in [1.807, 2.05) is 0 Å². The fourth-order valence-corrected chi connectivity index (χ4v) is 1.14. The molecule has 0 aromatic carbocycles. The Morgan fingerprint density at radius 3 is 2.69 bits per heavy atom. The zero-order valence-electron chi connectivity index (χ0n) is 6.30. The number of rotatable bonds is 2. The average Bonchev–Trinajstić information content (AvgIpc) is 2.04. The number of hydrogen-bond donors (Lipinski definition) is 1. The Morgan fingerprint density at radius 1 is 1.62 bits per heavy atom. The van der Waals surface area contributed by atoms with Crippen LogP contribution in [0.5, 0.6) is 0 Å². The lowest BCUT2D eigenvalue weighted by molar-refractivity contribution is 0.0999. The molecule has 13 heavy (non-hydrogen) atoms. The number of aromatic nitrogens is 1. The Labute approximate surface area is 81.1 Å². The number of alkyl halides is 2. The first-order valence-corrected chi connectivity index (χ1v) is 4.05. The van der Waals surface area contributed by atoms with Crippen LogP contribution in [0.1, 0.15) is 22.3 Å². The lowest BCUT2D eigenvalue weighted by Gasteiger charge is -2.03. The minimum atomic E-state index is -2.68. The highest BCUT2D eigenvalue weighted by molar-refractivity contribution is 9.10. The first-order valence-electron chi connectivity index (χ1n) is 3.25. The predicted molar refractivity (Wildman–Crippen MR) is 45.4 cm³/mol. The molecule has 0 fully saturated rings. The van der Waals surface area contributed by atoms with Gasteiger partial charge in [-0.25, -0.2) is 13.8 Å². The molecule has 1 rings (SSSR count). The molecule has 1 heterocycles. The maximum absolute atomic E-state index is 12.2. The van der Waals surface area contributed by atoms with Gasteiger partial charge in [0.05, 0.1) is 11.1 Å².